The molecule has 0 unspecified atom stereocenters. The van der Waals surface area contributed by atoms with E-state index in [4.69, 9.17) is 5.73 Å². The van der Waals surface area contributed by atoms with Crippen LogP contribution in [0.2, 0.25) is 0 Å². The minimum absolute atomic E-state index is 0.889. The lowest BCUT2D eigenvalue weighted by Crippen LogP contribution is -2.03. The molecule has 0 bridgehead atoms. The molecule has 0 aliphatic carbocycles. The molecule has 0 fully saturated rings. The van der Waals surface area contributed by atoms with Gasteiger partial charge in [0.05, 0.1) is 5.52 Å². The zero-order valence-corrected chi connectivity index (χ0v) is 11.8. The first-order valence-electron chi connectivity index (χ1n) is 7.19. The highest BCUT2D eigenvalue weighted by Crippen LogP contribution is 2.22. The van der Waals surface area contributed by atoms with Gasteiger partial charge in [-0.3, -0.25) is 0 Å². The van der Waals surface area contributed by atoms with Gasteiger partial charge in [-0.2, -0.15) is 0 Å². The van der Waals surface area contributed by atoms with E-state index in [0.29, 0.717) is 0 Å². The fourth-order valence-electron chi connectivity index (χ4n) is 2.82. The molecule has 1 aromatic heterocycles. The summed E-state index contributed by atoms with van der Waals surface area (Å²) in [7, 11) is 0. The van der Waals surface area contributed by atoms with Gasteiger partial charge in [-0.25, -0.2) is 0 Å². The Kier molecular flexibility index (Phi) is 3.46. The Morgan fingerprint density at radius 3 is 2.55 bits per heavy atom. The summed E-state index contributed by atoms with van der Waals surface area (Å²) in [5, 5.41) is 1.32. The fourth-order valence-corrected chi connectivity index (χ4v) is 2.82. The van der Waals surface area contributed by atoms with Crippen LogP contribution in [0, 0.1) is 0 Å². The number of para-hydroxylation sites is 2. The summed E-state index contributed by atoms with van der Waals surface area (Å²) >= 11 is 0. The quantitative estimate of drug-likeness (QED) is 0.709. The van der Waals surface area contributed by atoms with Crippen molar-refractivity contribution in [2.45, 2.75) is 26.3 Å². The monoisotopic (exact) mass is 264 g/mol. The number of nitrogens with two attached hydrogens (primary N) is 1. The number of aryl methyl sites for hydroxylation is 3. The molecule has 0 aliphatic heterocycles. The first-order valence-corrected chi connectivity index (χ1v) is 7.19. The second-order valence-electron chi connectivity index (χ2n) is 5.17. The molecule has 102 valence electrons. The highest BCUT2D eigenvalue weighted by molar-refractivity contribution is 5.83. The van der Waals surface area contributed by atoms with Crippen molar-refractivity contribution in [1.82, 2.24) is 4.57 Å². The van der Waals surface area contributed by atoms with Gasteiger partial charge in [-0.05, 0) is 41.5 Å². The van der Waals surface area contributed by atoms with Gasteiger partial charge < -0.3 is 10.3 Å². The minimum atomic E-state index is 0.889. The van der Waals surface area contributed by atoms with Gasteiger partial charge in [-0.1, -0.05) is 43.3 Å². The summed E-state index contributed by atoms with van der Waals surface area (Å²) in [6.45, 7) is 3.18. The van der Waals surface area contributed by atoms with Gasteiger partial charge in [0, 0.05) is 18.4 Å². The lowest BCUT2D eigenvalue weighted by Gasteiger charge is -2.10. The van der Waals surface area contributed by atoms with Gasteiger partial charge in [0.2, 0.25) is 0 Å². The molecule has 0 saturated heterocycles. The number of benzene rings is 2. The fraction of sp³-hybridized carbons (Fsp3) is 0.222. The largest absolute Gasteiger partial charge is 0.399 e. The van der Waals surface area contributed by atoms with Crippen molar-refractivity contribution in [3.05, 3.63) is 65.9 Å². The van der Waals surface area contributed by atoms with Crippen molar-refractivity contribution in [3.63, 3.8) is 0 Å². The highest BCUT2D eigenvalue weighted by atomic mass is 15.0. The number of aromatic nitrogens is 1. The maximum absolute atomic E-state index is 6.02. The molecule has 2 heteroatoms. The van der Waals surface area contributed by atoms with E-state index in [9.17, 15) is 0 Å². The molecule has 0 radical (unpaired) electrons. The van der Waals surface area contributed by atoms with Crippen LogP contribution >= 0.6 is 0 Å². The molecule has 2 aromatic carbocycles. The predicted octanol–water partition coefficient (Wildman–Crippen LogP) is 4.03. The van der Waals surface area contributed by atoms with Crippen molar-refractivity contribution >= 4 is 16.6 Å². The second-order valence-corrected chi connectivity index (χ2v) is 5.17. The van der Waals surface area contributed by atoms with Crippen LogP contribution in [0.3, 0.4) is 0 Å². The van der Waals surface area contributed by atoms with Crippen LogP contribution in [0.1, 0.15) is 18.1 Å². The Labute approximate surface area is 119 Å². The van der Waals surface area contributed by atoms with Gasteiger partial charge in [0.1, 0.15) is 0 Å². The number of fused-ring (bicyclic) bond motifs is 1. The molecule has 3 rings (SSSR count). The third-order valence-electron chi connectivity index (χ3n) is 3.93. The van der Waals surface area contributed by atoms with Crippen LogP contribution in [0.15, 0.2) is 54.7 Å². The lowest BCUT2D eigenvalue weighted by atomic mass is 10.1. The summed E-state index contributed by atoms with van der Waals surface area (Å²) in [5.41, 5.74) is 10.9. The molecule has 2 N–H and O–H groups in total. The zero-order chi connectivity index (χ0) is 13.9. The molecular formula is C18H20N2. The van der Waals surface area contributed by atoms with Crippen LogP contribution in [-0.4, -0.2) is 4.57 Å². The second kappa shape index (κ2) is 5.41. The summed E-state index contributed by atoms with van der Waals surface area (Å²) < 4.78 is 2.35. The smallest absolute Gasteiger partial charge is 0.0512 e. The maximum Gasteiger partial charge on any atom is 0.0512 e. The third kappa shape index (κ3) is 2.29. The molecule has 2 nitrogen and oxygen atoms in total. The maximum atomic E-state index is 6.02. The Balaban J connectivity index is 1.90. The van der Waals surface area contributed by atoms with Crippen LogP contribution in [0.4, 0.5) is 5.69 Å². The summed E-state index contributed by atoms with van der Waals surface area (Å²) in [6.07, 6.45) is 4.21. The Morgan fingerprint density at radius 1 is 0.950 bits per heavy atom. The SMILES string of the molecule is CCc1cccc2ccn(CCc3ccccc3N)c12. The number of anilines is 1. The number of nitrogen functional groups attached to an aromatic ring is 1. The first-order chi connectivity index (χ1) is 9.79. The molecule has 0 aliphatic rings. The normalized spacial score (nSPS) is 11.1. The summed E-state index contributed by atoms with van der Waals surface area (Å²) in [6, 6.07) is 16.9. The zero-order valence-electron chi connectivity index (χ0n) is 11.8. The van der Waals surface area contributed by atoms with E-state index < -0.39 is 0 Å². The first kappa shape index (κ1) is 12.8. The molecule has 0 atom stereocenters. The molecule has 1 heterocycles. The van der Waals surface area contributed by atoms with E-state index in [-0.39, 0.29) is 0 Å². The minimum Gasteiger partial charge on any atom is -0.399 e. The number of rotatable bonds is 4. The van der Waals surface area contributed by atoms with Gasteiger partial charge in [0.15, 0.2) is 0 Å². The van der Waals surface area contributed by atoms with Crippen molar-refractivity contribution in [1.29, 1.82) is 0 Å². The number of hydrogen-bond acceptors (Lipinski definition) is 1. The number of hydrogen-bond donors (Lipinski definition) is 1. The van der Waals surface area contributed by atoms with E-state index in [2.05, 4.69) is 54.1 Å². The average molecular weight is 264 g/mol. The molecular weight excluding hydrogens is 244 g/mol. The molecule has 0 spiro atoms. The van der Waals surface area contributed by atoms with Crippen molar-refractivity contribution < 1.29 is 0 Å². The van der Waals surface area contributed by atoms with E-state index in [1.54, 1.807) is 0 Å². The third-order valence-corrected chi connectivity index (χ3v) is 3.93. The molecule has 20 heavy (non-hydrogen) atoms. The van der Waals surface area contributed by atoms with E-state index in [0.717, 1.165) is 25.1 Å². The van der Waals surface area contributed by atoms with Crippen LogP contribution in [0.25, 0.3) is 10.9 Å². The van der Waals surface area contributed by atoms with Crippen molar-refractivity contribution in [3.8, 4) is 0 Å². The topological polar surface area (TPSA) is 30.9 Å². The lowest BCUT2D eigenvalue weighted by molar-refractivity contribution is 0.721. The van der Waals surface area contributed by atoms with E-state index in [1.165, 1.54) is 22.0 Å². The Hall–Kier alpha value is -2.22. The van der Waals surface area contributed by atoms with Crippen LogP contribution in [0.5, 0.6) is 0 Å². The molecule has 0 saturated carbocycles. The Morgan fingerprint density at radius 2 is 1.75 bits per heavy atom. The average Bonchev–Trinajstić information content (AvgIpc) is 2.90. The standard InChI is InChI=1S/C18H20N2/c1-2-14-7-5-8-16-11-13-20(18(14)16)12-10-15-6-3-4-9-17(15)19/h3-9,11,13H,2,10,12,19H2,1H3. The van der Waals surface area contributed by atoms with E-state index >= 15 is 0 Å². The van der Waals surface area contributed by atoms with Gasteiger partial charge in [0.25, 0.3) is 0 Å². The number of nitrogens with zero attached hydrogens (tertiary/aromatic N) is 1. The van der Waals surface area contributed by atoms with Crippen LogP contribution < -0.4 is 5.73 Å². The van der Waals surface area contributed by atoms with Gasteiger partial charge in [-0.15, -0.1) is 0 Å². The highest BCUT2D eigenvalue weighted by Gasteiger charge is 2.06. The Bertz CT molecular complexity index is 725. The summed E-state index contributed by atoms with van der Waals surface area (Å²) in [4.78, 5) is 0. The molecule has 0 amide bonds. The van der Waals surface area contributed by atoms with E-state index in [1.807, 2.05) is 12.1 Å². The van der Waals surface area contributed by atoms with Crippen molar-refractivity contribution in [2.24, 2.45) is 0 Å². The van der Waals surface area contributed by atoms with Crippen LogP contribution in [-0.2, 0) is 19.4 Å². The predicted molar refractivity (Wildman–Crippen MR) is 85.9 cm³/mol. The summed E-state index contributed by atoms with van der Waals surface area (Å²) in [5.74, 6) is 0. The van der Waals surface area contributed by atoms with Crippen molar-refractivity contribution in [2.75, 3.05) is 5.73 Å². The van der Waals surface area contributed by atoms with Gasteiger partial charge >= 0.3 is 0 Å². The molecule has 3 aromatic rings.